The van der Waals surface area contributed by atoms with Crippen molar-refractivity contribution >= 4 is 29.0 Å². The Balaban J connectivity index is 1.55. The Kier molecular flexibility index (Phi) is 3.95. The average molecular weight is 350 g/mol. The highest BCUT2D eigenvalue weighted by Gasteiger charge is 2.36. The quantitative estimate of drug-likeness (QED) is 0.523. The van der Waals surface area contributed by atoms with Crippen LogP contribution in [0.2, 0.25) is 0 Å². The Hall–Kier alpha value is -3.15. The van der Waals surface area contributed by atoms with E-state index in [4.69, 9.17) is 4.74 Å². The number of esters is 1. The SMILES string of the molecule is CC(=O)c1ccc(OC(=O)c2ccc3c(c2)NC(=O)[C@@H]2CCCN32)cc1. The van der Waals surface area contributed by atoms with E-state index in [2.05, 4.69) is 10.2 Å². The molecule has 1 atom stereocenters. The van der Waals surface area contributed by atoms with Gasteiger partial charge in [-0.25, -0.2) is 4.79 Å². The fraction of sp³-hybridized carbons (Fsp3) is 0.250. The van der Waals surface area contributed by atoms with Gasteiger partial charge in [0.1, 0.15) is 11.8 Å². The van der Waals surface area contributed by atoms with Gasteiger partial charge in [-0.15, -0.1) is 0 Å². The molecular formula is C20H18N2O4. The van der Waals surface area contributed by atoms with Crippen LogP contribution in [0.25, 0.3) is 0 Å². The standard InChI is InChI=1S/C20H18N2O4/c1-12(23)13-4-7-15(8-5-13)26-20(25)14-6-9-17-16(11-14)21-19(24)18-3-2-10-22(17)18/h4-9,11,18H,2-3,10H2,1H3,(H,21,24)/t18-/m0/s1. The normalized spacial score (nSPS) is 18.0. The van der Waals surface area contributed by atoms with E-state index in [1.165, 1.54) is 6.92 Å². The van der Waals surface area contributed by atoms with E-state index in [1.54, 1.807) is 36.4 Å². The molecule has 132 valence electrons. The topological polar surface area (TPSA) is 75.7 Å². The second kappa shape index (κ2) is 6.29. The predicted octanol–water partition coefficient (Wildman–Crippen LogP) is 3.03. The molecule has 2 aliphatic rings. The van der Waals surface area contributed by atoms with Crippen LogP contribution in [0.5, 0.6) is 5.75 Å². The van der Waals surface area contributed by atoms with Gasteiger partial charge in [-0.2, -0.15) is 0 Å². The summed E-state index contributed by atoms with van der Waals surface area (Å²) in [5, 5.41) is 2.88. The number of hydrogen-bond donors (Lipinski definition) is 1. The molecule has 6 nitrogen and oxygen atoms in total. The minimum Gasteiger partial charge on any atom is -0.423 e. The van der Waals surface area contributed by atoms with Gasteiger partial charge in [0.05, 0.1) is 16.9 Å². The molecule has 4 rings (SSSR count). The number of ketones is 1. The maximum atomic E-state index is 12.4. The van der Waals surface area contributed by atoms with Crippen LogP contribution >= 0.6 is 0 Å². The summed E-state index contributed by atoms with van der Waals surface area (Å²) in [4.78, 5) is 38.0. The molecule has 0 bridgehead atoms. The van der Waals surface area contributed by atoms with Crippen LogP contribution in [0.15, 0.2) is 42.5 Å². The zero-order chi connectivity index (χ0) is 18.3. The highest BCUT2D eigenvalue weighted by atomic mass is 16.5. The van der Waals surface area contributed by atoms with Crippen molar-refractivity contribution in [2.24, 2.45) is 0 Å². The Bertz CT molecular complexity index is 905. The van der Waals surface area contributed by atoms with Gasteiger partial charge in [0.2, 0.25) is 5.91 Å². The first-order valence-electron chi connectivity index (χ1n) is 8.57. The van der Waals surface area contributed by atoms with Crippen LogP contribution in [0, 0.1) is 0 Å². The number of amides is 1. The Labute approximate surface area is 150 Å². The smallest absolute Gasteiger partial charge is 0.343 e. The third-order valence-electron chi connectivity index (χ3n) is 4.83. The third-order valence-corrected chi connectivity index (χ3v) is 4.83. The summed E-state index contributed by atoms with van der Waals surface area (Å²) in [7, 11) is 0. The van der Waals surface area contributed by atoms with Gasteiger partial charge in [-0.3, -0.25) is 9.59 Å². The van der Waals surface area contributed by atoms with Crippen LogP contribution < -0.4 is 15.0 Å². The number of carbonyl (C=O) groups excluding carboxylic acids is 3. The monoisotopic (exact) mass is 350 g/mol. The van der Waals surface area contributed by atoms with Crippen molar-refractivity contribution in [3.63, 3.8) is 0 Å². The van der Waals surface area contributed by atoms with E-state index in [9.17, 15) is 14.4 Å². The predicted molar refractivity (Wildman–Crippen MR) is 96.8 cm³/mol. The number of nitrogens with zero attached hydrogens (tertiary/aromatic N) is 1. The number of carbonyl (C=O) groups is 3. The molecule has 2 aromatic carbocycles. The molecule has 2 heterocycles. The number of nitrogens with one attached hydrogen (secondary N) is 1. The molecule has 6 heteroatoms. The highest BCUT2D eigenvalue weighted by Crippen LogP contribution is 2.37. The molecule has 1 N–H and O–H groups in total. The summed E-state index contributed by atoms with van der Waals surface area (Å²) < 4.78 is 5.36. The number of Topliss-reactive ketones (excluding diaryl/α,β-unsaturated/α-hetero) is 1. The van der Waals surface area contributed by atoms with Gasteiger partial charge >= 0.3 is 5.97 Å². The molecule has 0 spiro atoms. The van der Waals surface area contributed by atoms with Crippen LogP contribution in [0.4, 0.5) is 11.4 Å². The fourth-order valence-corrected chi connectivity index (χ4v) is 3.48. The summed E-state index contributed by atoms with van der Waals surface area (Å²) in [5.41, 5.74) is 2.49. The van der Waals surface area contributed by atoms with Crippen molar-refractivity contribution in [2.45, 2.75) is 25.8 Å². The maximum absolute atomic E-state index is 12.4. The van der Waals surface area contributed by atoms with Crippen molar-refractivity contribution in [1.82, 2.24) is 0 Å². The molecule has 0 unspecified atom stereocenters. The number of fused-ring (bicyclic) bond motifs is 3. The summed E-state index contributed by atoms with van der Waals surface area (Å²) in [6.07, 6.45) is 1.84. The number of rotatable bonds is 3. The van der Waals surface area contributed by atoms with E-state index in [1.807, 2.05) is 6.07 Å². The van der Waals surface area contributed by atoms with Crippen LogP contribution in [-0.4, -0.2) is 30.2 Å². The van der Waals surface area contributed by atoms with Gasteiger partial charge in [0, 0.05) is 12.1 Å². The van der Waals surface area contributed by atoms with Crippen LogP contribution in [0.3, 0.4) is 0 Å². The van der Waals surface area contributed by atoms with E-state index in [0.29, 0.717) is 22.6 Å². The molecule has 0 radical (unpaired) electrons. The Morgan fingerprint density at radius 3 is 2.58 bits per heavy atom. The zero-order valence-corrected chi connectivity index (χ0v) is 14.3. The number of hydrogen-bond acceptors (Lipinski definition) is 5. The third kappa shape index (κ3) is 2.83. The fourth-order valence-electron chi connectivity index (χ4n) is 3.48. The molecule has 1 amide bonds. The minimum absolute atomic E-state index is 0.0275. The molecule has 0 aliphatic carbocycles. The van der Waals surface area contributed by atoms with Gasteiger partial charge < -0.3 is 15.0 Å². The van der Waals surface area contributed by atoms with E-state index in [-0.39, 0.29) is 17.7 Å². The first kappa shape index (κ1) is 16.3. The minimum atomic E-state index is -0.513. The van der Waals surface area contributed by atoms with E-state index >= 15 is 0 Å². The van der Waals surface area contributed by atoms with Gasteiger partial charge in [0.25, 0.3) is 0 Å². The number of benzene rings is 2. The van der Waals surface area contributed by atoms with Crippen LogP contribution in [0.1, 0.15) is 40.5 Å². The summed E-state index contributed by atoms with van der Waals surface area (Å²) in [6, 6.07) is 11.5. The summed E-state index contributed by atoms with van der Waals surface area (Å²) in [6.45, 7) is 2.32. The largest absolute Gasteiger partial charge is 0.423 e. The second-order valence-electron chi connectivity index (χ2n) is 6.54. The van der Waals surface area contributed by atoms with Crippen molar-refractivity contribution in [3.8, 4) is 5.75 Å². The molecule has 1 saturated heterocycles. The lowest BCUT2D eigenvalue weighted by atomic mass is 10.1. The van der Waals surface area contributed by atoms with E-state index in [0.717, 1.165) is 25.1 Å². The van der Waals surface area contributed by atoms with E-state index < -0.39 is 5.97 Å². The van der Waals surface area contributed by atoms with Crippen molar-refractivity contribution in [1.29, 1.82) is 0 Å². The molecular weight excluding hydrogens is 332 g/mol. The lowest BCUT2D eigenvalue weighted by Crippen LogP contribution is -2.43. The van der Waals surface area contributed by atoms with Gasteiger partial charge in [0.15, 0.2) is 5.78 Å². The Morgan fingerprint density at radius 1 is 1.12 bits per heavy atom. The number of anilines is 2. The van der Waals surface area contributed by atoms with Gasteiger partial charge in [-0.1, -0.05) is 0 Å². The first-order valence-corrected chi connectivity index (χ1v) is 8.57. The molecule has 0 aromatic heterocycles. The van der Waals surface area contributed by atoms with Crippen molar-refractivity contribution < 1.29 is 19.1 Å². The van der Waals surface area contributed by atoms with Gasteiger partial charge in [-0.05, 0) is 62.2 Å². The van der Waals surface area contributed by atoms with Crippen molar-refractivity contribution in [3.05, 3.63) is 53.6 Å². The zero-order valence-electron chi connectivity index (χ0n) is 14.3. The molecule has 26 heavy (non-hydrogen) atoms. The average Bonchev–Trinajstić information content (AvgIpc) is 3.12. The number of ether oxygens (including phenoxy) is 1. The molecule has 2 aliphatic heterocycles. The Morgan fingerprint density at radius 2 is 1.85 bits per heavy atom. The van der Waals surface area contributed by atoms with Crippen molar-refractivity contribution in [2.75, 3.05) is 16.8 Å². The molecule has 2 aromatic rings. The lowest BCUT2D eigenvalue weighted by molar-refractivity contribution is -0.117. The first-order chi connectivity index (χ1) is 12.5. The summed E-state index contributed by atoms with van der Waals surface area (Å²) >= 11 is 0. The van der Waals surface area contributed by atoms with Crippen LogP contribution in [-0.2, 0) is 4.79 Å². The lowest BCUT2D eigenvalue weighted by Gasteiger charge is -2.33. The molecule has 1 fully saturated rings. The second-order valence-corrected chi connectivity index (χ2v) is 6.54. The molecule has 0 saturated carbocycles. The highest BCUT2D eigenvalue weighted by molar-refractivity contribution is 6.05. The summed E-state index contributed by atoms with van der Waals surface area (Å²) in [5.74, 6) is -0.226. The maximum Gasteiger partial charge on any atom is 0.343 e.